The van der Waals surface area contributed by atoms with E-state index in [0.29, 0.717) is 6.54 Å². The fraction of sp³-hybridized carbons (Fsp3) is 0.458. The largest absolute Gasteiger partial charge is 0.497 e. The third kappa shape index (κ3) is 5.09. The Morgan fingerprint density at radius 3 is 2.10 bits per heavy atom. The Bertz CT molecular complexity index is 815. The van der Waals surface area contributed by atoms with Crippen LogP contribution in [0.4, 0.5) is 0 Å². The van der Waals surface area contributed by atoms with Crippen LogP contribution in [0, 0.1) is 0 Å². The summed E-state index contributed by atoms with van der Waals surface area (Å²) in [5, 5.41) is 0. The van der Waals surface area contributed by atoms with Crippen LogP contribution in [0.1, 0.15) is 58.0 Å². The molecule has 0 saturated carbocycles. The van der Waals surface area contributed by atoms with Gasteiger partial charge in [0.05, 0.1) is 24.9 Å². The maximum atomic E-state index is 6.39. The molecule has 1 aliphatic rings. The van der Waals surface area contributed by atoms with Crippen molar-refractivity contribution in [3.8, 4) is 5.75 Å². The Labute approximate surface area is 175 Å². The topological polar surface area (TPSA) is 40.0 Å². The smallest absolute Gasteiger partial charge is 0.466 e. The minimum Gasteiger partial charge on any atom is -0.497 e. The van der Waals surface area contributed by atoms with Gasteiger partial charge in [0.15, 0.2) is 0 Å². The Morgan fingerprint density at radius 2 is 1.55 bits per heavy atom. The van der Waals surface area contributed by atoms with Crippen molar-refractivity contribution in [1.82, 2.24) is 0 Å². The van der Waals surface area contributed by atoms with Crippen LogP contribution in [0.3, 0.4) is 0 Å². The molecule has 5 heteroatoms. The molecule has 1 saturated heterocycles. The first-order valence-corrected chi connectivity index (χ1v) is 10.3. The molecule has 29 heavy (non-hydrogen) atoms. The second-order valence-electron chi connectivity index (χ2n) is 8.75. The third-order valence-corrected chi connectivity index (χ3v) is 6.03. The van der Waals surface area contributed by atoms with E-state index in [-0.39, 0.29) is 24.1 Å². The molecule has 1 fully saturated rings. The summed E-state index contributed by atoms with van der Waals surface area (Å²) in [6.07, 6.45) is 0.774. The minimum atomic E-state index is -0.364. The molecule has 2 aromatic rings. The highest BCUT2D eigenvalue weighted by molar-refractivity contribution is 6.48. The van der Waals surface area contributed by atoms with Crippen LogP contribution >= 0.6 is 0 Å². The maximum absolute atomic E-state index is 6.39. The van der Waals surface area contributed by atoms with Gasteiger partial charge in [0, 0.05) is 11.5 Å². The molecule has 0 aliphatic carbocycles. The van der Waals surface area contributed by atoms with E-state index in [1.165, 1.54) is 11.1 Å². The van der Waals surface area contributed by atoms with Crippen molar-refractivity contribution < 1.29 is 14.0 Å². The summed E-state index contributed by atoms with van der Waals surface area (Å²) >= 11 is 0. The average molecular weight is 393 g/mol. The van der Waals surface area contributed by atoms with Gasteiger partial charge < -0.3 is 14.0 Å². The number of aliphatic imine (C=N–C) groups is 1. The molecule has 3 rings (SSSR count). The fourth-order valence-electron chi connectivity index (χ4n) is 3.47. The summed E-state index contributed by atoms with van der Waals surface area (Å²) < 4.78 is 18.1. The summed E-state index contributed by atoms with van der Waals surface area (Å²) in [5.41, 5.74) is 2.74. The van der Waals surface area contributed by atoms with Crippen LogP contribution in [0.5, 0.6) is 5.75 Å². The zero-order valence-electron chi connectivity index (χ0n) is 18.4. The van der Waals surface area contributed by atoms with E-state index in [2.05, 4.69) is 58.9 Å². The highest BCUT2D eigenvalue weighted by Crippen LogP contribution is 2.42. The maximum Gasteiger partial charge on any atom is 0.466 e. The van der Waals surface area contributed by atoms with E-state index >= 15 is 0 Å². The van der Waals surface area contributed by atoms with E-state index in [0.717, 1.165) is 17.9 Å². The molecule has 0 bridgehead atoms. The van der Waals surface area contributed by atoms with Crippen molar-refractivity contribution in [3.63, 3.8) is 0 Å². The Hall–Kier alpha value is -2.11. The van der Waals surface area contributed by atoms with Crippen molar-refractivity contribution in [2.75, 3.05) is 7.11 Å². The van der Waals surface area contributed by atoms with Crippen LogP contribution in [-0.2, 0) is 15.9 Å². The third-order valence-electron chi connectivity index (χ3n) is 6.03. The van der Waals surface area contributed by atoms with Gasteiger partial charge in [-0.2, -0.15) is 0 Å². The molecule has 0 aromatic heterocycles. The predicted octanol–water partition coefficient (Wildman–Crippen LogP) is 5.46. The van der Waals surface area contributed by atoms with Gasteiger partial charge in [-0.3, -0.25) is 4.99 Å². The number of nitrogens with zero attached hydrogens (tertiary/aromatic N) is 1. The van der Waals surface area contributed by atoms with E-state index < -0.39 is 0 Å². The van der Waals surface area contributed by atoms with E-state index in [1.54, 1.807) is 7.11 Å². The van der Waals surface area contributed by atoms with Crippen LogP contribution in [0.15, 0.2) is 59.6 Å². The molecule has 1 aliphatic heterocycles. The monoisotopic (exact) mass is 393 g/mol. The van der Waals surface area contributed by atoms with Crippen LogP contribution in [-0.4, -0.2) is 31.1 Å². The summed E-state index contributed by atoms with van der Waals surface area (Å²) in [6, 6.07) is 18.5. The van der Waals surface area contributed by atoms with Crippen molar-refractivity contribution in [2.24, 2.45) is 4.99 Å². The number of rotatable bonds is 7. The van der Waals surface area contributed by atoms with E-state index in [9.17, 15) is 0 Å². The predicted molar refractivity (Wildman–Crippen MR) is 120 cm³/mol. The van der Waals surface area contributed by atoms with Crippen molar-refractivity contribution in [1.29, 1.82) is 0 Å². The second kappa shape index (κ2) is 8.72. The number of hydrogen-bond acceptors (Lipinski definition) is 4. The molecule has 1 unspecified atom stereocenters. The van der Waals surface area contributed by atoms with Gasteiger partial charge in [-0.05, 0) is 64.3 Å². The van der Waals surface area contributed by atoms with E-state index in [1.807, 2.05) is 30.3 Å². The summed E-state index contributed by atoms with van der Waals surface area (Å²) in [5.74, 6) is 0.900. The number of methoxy groups -OCH3 is 1. The summed E-state index contributed by atoms with van der Waals surface area (Å²) in [7, 11) is 1.36. The van der Waals surface area contributed by atoms with Gasteiger partial charge in [-0.1, -0.05) is 42.5 Å². The molecule has 0 radical (unpaired) electrons. The van der Waals surface area contributed by atoms with Gasteiger partial charge in [-0.25, -0.2) is 0 Å². The van der Waals surface area contributed by atoms with Crippen molar-refractivity contribution >= 4 is 12.8 Å². The van der Waals surface area contributed by atoms with Crippen molar-refractivity contribution in [2.45, 2.75) is 64.6 Å². The molecule has 0 N–H and O–H groups in total. The van der Waals surface area contributed by atoms with Crippen LogP contribution < -0.4 is 4.74 Å². The Morgan fingerprint density at radius 1 is 0.966 bits per heavy atom. The molecular formula is C24H32BNO3. The Balaban J connectivity index is 1.82. The molecule has 4 nitrogen and oxygen atoms in total. The molecule has 0 spiro atoms. The zero-order chi connectivity index (χ0) is 21.1. The quantitative estimate of drug-likeness (QED) is 0.463. The lowest BCUT2D eigenvalue weighted by molar-refractivity contribution is 0.00578. The number of benzene rings is 2. The first kappa shape index (κ1) is 21.6. The number of ether oxygens (including phenoxy) is 1. The molecule has 2 aromatic carbocycles. The highest BCUT2D eigenvalue weighted by Gasteiger charge is 2.53. The average Bonchev–Trinajstić information content (AvgIpc) is 2.92. The van der Waals surface area contributed by atoms with Gasteiger partial charge in [0.25, 0.3) is 0 Å². The first-order chi connectivity index (χ1) is 13.7. The lowest BCUT2D eigenvalue weighted by atomic mass is 9.65. The lowest BCUT2D eigenvalue weighted by Crippen LogP contribution is -2.41. The van der Waals surface area contributed by atoms with Gasteiger partial charge in [0.1, 0.15) is 5.75 Å². The van der Waals surface area contributed by atoms with E-state index in [4.69, 9.17) is 19.0 Å². The van der Waals surface area contributed by atoms with Crippen molar-refractivity contribution in [3.05, 3.63) is 65.7 Å². The van der Waals surface area contributed by atoms with Crippen LogP contribution in [0.2, 0.25) is 0 Å². The van der Waals surface area contributed by atoms with Gasteiger partial charge >= 0.3 is 7.12 Å². The zero-order valence-corrected chi connectivity index (χ0v) is 18.4. The minimum absolute atomic E-state index is 0.0569. The molecule has 0 amide bonds. The van der Waals surface area contributed by atoms with Crippen LogP contribution in [0.25, 0.3) is 0 Å². The highest BCUT2D eigenvalue weighted by atomic mass is 16.7. The second-order valence-corrected chi connectivity index (χ2v) is 8.75. The van der Waals surface area contributed by atoms with Gasteiger partial charge in [0.2, 0.25) is 0 Å². The molecule has 1 heterocycles. The normalized spacial score (nSPS) is 19.2. The Kier molecular flexibility index (Phi) is 6.50. The molecule has 1 atom stereocenters. The summed E-state index contributed by atoms with van der Waals surface area (Å²) in [6.45, 7) is 11.1. The fourth-order valence-corrected chi connectivity index (χ4v) is 3.47. The molecule has 154 valence electrons. The number of hydrogen-bond donors (Lipinski definition) is 0. The first-order valence-electron chi connectivity index (χ1n) is 10.3. The SMILES string of the molecule is COc1ccc(C(CC(C)=NCc2ccccc2)B2OC(C)(C)C(C)(C)O2)cc1. The van der Waals surface area contributed by atoms with Gasteiger partial charge in [-0.15, -0.1) is 0 Å². The standard InChI is InChI=1S/C24H32BNO3/c1-18(26-17-19-10-8-7-9-11-19)16-22(20-12-14-21(27-6)15-13-20)25-28-23(2,3)24(4,5)29-25/h7-15,22H,16-17H2,1-6H3. The summed E-state index contributed by atoms with van der Waals surface area (Å²) in [4.78, 5) is 4.82. The lowest BCUT2D eigenvalue weighted by Gasteiger charge is -2.32. The molecular weight excluding hydrogens is 361 g/mol.